The van der Waals surface area contributed by atoms with Crippen molar-refractivity contribution in [2.75, 3.05) is 0 Å². The van der Waals surface area contributed by atoms with Gasteiger partial charge < -0.3 is 10.2 Å². The normalized spacial score (nSPS) is 13.4. The molecule has 0 bridgehead atoms. The van der Waals surface area contributed by atoms with Crippen LogP contribution in [0.2, 0.25) is 0 Å². The lowest BCUT2D eigenvalue weighted by molar-refractivity contribution is 0.403. The first-order valence-electron chi connectivity index (χ1n) is 3.98. The molecule has 0 fully saturated rings. The Morgan fingerprint density at radius 1 is 1.31 bits per heavy atom. The van der Waals surface area contributed by atoms with Gasteiger partial charge in [-0.15, -0.1) is 0 Å². The summed E-state index contributed by atoms with van der Waals surface area (Å²) in [5.41, 5.74) is 0.844. The quantitative estimate of drug-likeness (QED) is 0.502. The Morgan fingerprint density at radius 3 is 2.54 bits per heavy atom. The van der Waals surface area contributed by atoms with Crippen molar-refractivity contribution in [2.45, 2.75) is 12.2 Å². The van der Waals surface area contributed by atoms with E-state index in [2.05, 4.69) is 12.6 Å². The molecule has 1 aromatic rings. The first-order valence-corrected chi connectivity index (χ1v) is 4.49. The molecule has 2 N–H and O–H groups in total. The third kappa shape index (κ3) is 3.03. The van der Waals surface area contributed by atoms with Gasteiger partial charge in [0.1, 0.15) is 0 Å². The van der Waals surface area contributed by atoms with Crippen molar-refractivity contribution in [3.63, 3.8) is 0 Å². The molecule has 1 atom stereocenters. The fourth-order valence-electron chi connectivity index (χ4n) is 0.895. The van der Waals surface area contributed by atoms with Gasteiger partial charge in [-0.25, -0.2) is 0 Å². The summed E-state index contributed by atoms with van der Waals surface area (Å²) < 4.78 is 0. The van der Waals surface area contributed by atoms with Crippen molar-refractivity contribution >= 4 is 18.7 Å². The fourth-order valence-corrected chi connectivity index (χ4v) is 0.981. The highest BCUT2D eigenvalue weighted by molar-refractivity contribution is 7.81. The van der Waals surface area contributed by atoms with Gasteiger partial charge in [-0.2, -0.15) is 12.6 Å². The molecule has 0 aliphatic heterocycles. The van der Waals surface area contributed by atoms with Crippen molar-refractivity contribution in [2.24, 2.45) is 0 Å². The zero-order valence-corrected chi connectivity index (χ0v) is 8.20. The number of rotatable bonds is 2. The summed E-state index contributed by atoms with van der Waals surface area (Å²) in [5.74, 6) is -0.204. The smallest absolute Gasteiger partial charge is 0.157 e. The Morgan fingerprint density at radius 2 is 2.00 bits per heavy atom. The molecular formula is C10H12O2S. The first-order chi connectivity index (χ1) is 6.09. The van der Waals surface area contributed by atoms with E-state index in [4.69, 9.17) is 10.2 Å². The molecule has 0 saturated carbocycles. The lowest BCUT2D eigenvalue weighted by Gasteiger charge is -1.99. The van der Waals surface area contributed by atoms with E-state index in [1.807, 2.05) is 19.1 Å². The number of benzene rings is 1. The van der Waals surface area contributed by atoms with Crippen LogP contribution in [0.25, 0.3) is 6.08 Å². The molecule has 0 saturated heterocycles. The lowest BCUT2D eigenvalue weighted by atomic mass is 10.2. The summed E-state index contributed by atoms with van der Waals surface area (Å²) in [4.78, 5) is 0. The minimum Gasteiger partial charge on any atom is -0.504 e. The topological polar surface area (TPSA) is 40.5 Å². The zero-order chi connectivity index (χ0) is 9.84. The number of phenolic OH excluding ortho intramolecular Hbond substituents is 2. The largest absolute Gasteiger partial charge is 0.504 e. The molecule has 3 heteroatoms. The maximum absolute atomic E-state index is 9.16. The Hall–Kier alpha value is -1.09. The van der Waals surface area contributed by atoms with E-state index >= 15 is 0 Å². The van der Waals surface area contributed by atoms with Crippen molar-refractivity contribution in [3.05, 3.63) is 29.8 Å². The monoisotopic (exact) mass is 196 g/mol. The molecule has 1 rings (SSSR count). The molecule has 1 aromatic carbocycles. The van der Waals surface area contributed by atoms with Crippen LogP contribution in [0.15, 0.2) is 24.3 Å². The van der Waals surface area contributed by atoms with E-state index in [9.17, 15) is 0 Å². The predicted octanol–water partition coefficient (Wildman–Crippen LogP) is 2.43. The second kappa shape index (κ2) is 4.23. The Balaban J connectivity index is 2.85. The molecule has 1 unspecified atom stereocenters. The minimum atomic E-state index is -0.103. The molecule has 0 amide bonds. The third-order valence-corrected chi connectivity index (χ3v) is 1.74. The van der Waals surface area contributed by atoms with Crippen molar-refractivity contribution in [3.8, 4) is 11.5 Å². The van der Waals surface area contributed by atoms with Crippen LogP contribution in [0, 0.1) is 0 Å². The summed E-state index contributed by atoms with van der Waals surface area (Å²) >= 11 is 4.18. The molecule has 13 heavy (non-hydrogen) atoms. The van der Waals surface area contributed by atoms with E-state index in [1.165, 1.54) is 12.1 Å². The summed E-state index contributed by atoms with van der Waals surface area (Å²) in [6, 6.07) is 4.68. The molecule has 0 aliphatic carbocycles. The number of phenols is 2. The van der Waals surface area contributed by atoms with E-state index in [0.29, 0.717) is 0 Å². The van der Waals surface area contributed by atoms with Crippen LogP contribution < -0.4 is 0 Å². The fraction of sp³-hybridized carbons (Fsp3) is 0.200. The van der Waals surface area contributed by atoms with Gasteiger partial charge in [0.2, 0.25) is 0 Å². The molecule has 0 heterocycles. The van der Waals surface area contributed by atoms with E-state index in [1.54, 1.807) is 6.07 Å². The maximum Gasteiger partial charge on any atom is 0.157 e. The van der Waals surface area contributed by atoms with Gasteiger partial charge in [-0.1, -0.05) is 18.2 Å². The zero-order valence-electron chi connectivity index (χ0n) is 7.31. The summed E-state index contributed by atoms with van der Waals surface area (Å²) in [5, 5.41) is 18.4. The van der Waals surface area contributed by atoms with E-state index in [0.717, 1.165) is 5.56 Å². The highest BCUT2D eigenvalue weighted by Crippen LogP contribution is 2.25. The van der Waals surface area contributed by atoms with Crippen LogP contribution in [0.4, 0.5) is 0 Å². The van der Waals surface area contributed by atoms with Crippen LogP contribution in [0.1, 0.15) is 12.5 Å². The molecular weight excluding hydrogens is 184 g/mol. The van der Waals surface area contributed by atoms with Gasteiger partial charge in [0.25, 0.3) is 0 Å². The molecule has 0 radical (unpaired) electrons. The molecule has 0 spiro atoms. The number of hydrogen-bond donors (Lipinski definition) is 3. The first kappa shape index (κ1) is 9.99. The van der Waals surface area contributed by atoms with Crippen molar-refractivity contribution < 1.29 is 10.2 Å². The average molecular weight is 196 g/mol. The Labute approximate surface area is 82.9 Å². The molecule has 0 aromatic heterocycles. The van der Waals surface area contributed by atoms with Gasteiger partial charge in [0, 0.05) is 5.25 Å². The lowest BCUT2D eigenvalue weighted by Crippen LogP contribution is -1.81. The van der Waals surface area contributed by atoms with E-state index < -0.39 is 0 Å². The van der Waals surface area contributed by atoms with Crippen LogP contribution in [-0.2, 0) is 0 Å². The summed E-state index contributed by atoms with van der Waals surface area (Å²) in [6.07, 6.45) is 3.74. The van der Waals surface area contributed by atoms with Gasteiger partial charge in [0.05, 0.1) is 0 Å². The van der Waals surface area contributed by atoms with Crippen LogP contribution in [-0.4, -0.2) is 15.5 Å². The number of aromatic hydroxyl groups is 2. The van der Waals surface area contributed by atoms with Gasteiger partial charge in [-0.05, 0) is 24.6 Å². The number of thiol groups is 1. The predicted molar refractivity (Wildman–Crippen MR) is 57.3 cm³/mol. The molecule has 70 valence electrons. The van der Waals surface area contributed by atoms with Crippen molar-refractivity contribution in [1.29, 1.82) is 0 Å². The highest BCUT2D eigenvalue weighted by Gasteiger charge is 1.97. The second-order valence-corrected chi connectivity index (χ2v) is 3.66. The summed E-state index contributed by atoms with van der Waals surface area (Å²) in [6.45, 7) is 1.94. The molecule has 0 aliphatic rings. The second-order valence-electron chi connectivity index (χ2n) is 2.85. The van der Waals surface area contributed by atoms with Gasteiger partial charge in [-0.3, -0.25) is 0 Å². The van der Waals surface area contributed by atoms with E-state index in [-0.39, 0.29) is 16.7 Å². The standard InChI is InChI=1S/C10H12O2S/c1-7(13)2-3-8-4-5-9(11)10(12)6-8/h2-7,11-13H,1H3/b3-2+. The SMILES string of the molecule is CC(S)/C=C/c1ccc(O)c(O)c1. The van der Waals surface area contributed by atoms with Crippen LogP contribution >= 0.6 is 12.6 Å². The third-order valence-electron chi connectivity index (χ3n) is 1.57. The minimum absolute atomic E-state index is 0.101. The highest BCUT2D eigenvalue weighted by atomic mass is 32.1. The average Bonchev–Trinajstić information content (AvgIpc) is 2.07. The van der Waals surface area contributed by atoms with Crippen LogP contribution in [0.3, 0.4) is 0 Å². The maximum atomic E-state index is 9.16. The molecule has 2 nitrogen and oxygen atoms in total. The van der Waals surface area contributed by atoms with Crippen LogP contribution in [0.5, 0.6) is 11.5 Å². The van der Waals surface area contributed by atoms with Gasteiger partial charge in [0.15, 0.2) is 11.5 Å². The van der Waals surface area contributed by atoms with Gasteiger partial charge >= 0.3 is 0 Å². The number of hydrogen-bond acceptors (Lipinski definition) is 3. The van der Waals surface area contributed by atoms with Crippen molar-refractivity contribution in [1.82, 2.24) is 0 Å². The summed E-state index contributed by atoms with van der Waals surface area (Å²) in [7, 11) is 0. The Kier molecular flexibility index (Phi) is 3.25. The Bertz CT molecular complexity index is 319.